The molecule has 17 heavy (non-hydrogen) atoms. The Morgan fingerprint density at radius 1 is 1.41 bits per heavy atom. The van der Waals surface area contributed by atoms with Crippen molar-refractivity contribution in [3.63, 3.8) is 0 Å². The Balaban J connectivity index is 3.07. The zero-order chi connectivity index (χ0) is 12.8. The second-order valence-corrected chi connectivity index (χ2v) is 4.76. The lowest BCUT2D eigenvalue weighted by atomic mass is 10.1. The molecular formula is C13H14BrN3. The second-order valence-electron chi connectivity index (χ2n) is 3.84. The highest BCUT2D eigenvalue weighted by atomic mass is 79.9. The topological polar surface area (TPSA) is 50.8 Å². The predicted octanol–water partition coefficient (Wildman–Crippen LogP) is 3.31. The lowest BCUT2D eigenvalue weighted by Crippen LogP contribution is -2.28. The highest BCUT2D eigenvalue weighted by molar-refractivity contribution is 9.10. The molecule has 4 heteroatoms. The Kier molecular flexibility index (Phi) is 5.00. The lowest BCUT2D eigenvalue weighted by molar-refractivity contribution is 0.685. The van der Waals surface area contributed by atoms with Gasteiger partial charge in [0.25, 0.3) is 0 Å². The van der Waals surface area contributed by atoms with E-state index in [2.05, 4.69) is 33.0 Å². The van der Waals surface area contributed by atoms with Crippen LogP contribution in [0.3, 0.4) is 0 Å². The van der Waals surface area contributed by atoms with Crippen molar-refractivity contribution in [1.82, 2.24) is 0 Å². The Morgan fingerprint density at radius 3 is 2.65 bits per heavy atom. The third-order valence-electron chi connectivity index (χ3n) is 2.52. The van der Waals surface area contributed by atoms with E-state index in [0.29, 0.717) is 12.1 Å². The molecule has 0 saturated heterocycles. The Hall–Kier alpha value is -1.52. The summed E-state index contributed by atoms with van der Waals surface area (Å²) in [6.45, 7) is 5.31. The molecule has 0 saturated carbocycles. The molecule has 1 unspecified atom stereocenters. The van der Waals surface area contributed by atoms with E-state index in [1.54, 1.807) is 6.07 Å². The number of halogens is 1. The van der Waals surface area contributed by atoms with Crippen molar-refractivity contribution >= 4 is 21.6 Å². The van der Waals surface area contributed by atoms with E-state index in [9.17, 15) is 0 Å². The lowest BCUT2D eigenvalue weighted by Gasteiger charge is -2.25. The van der Waals surface area contributed by atoms with Crippen molar-refractivity contribution in [1.29, 1.82) is 10.5 Å². The highest BCUT2D eigenvalue weighted by Gasteiger charge is 2.13. The third-order valence-corrected chi connectivity index (χ3v) is 3.01. The molecule has 0 aliphatic heterocycles. The summed E-state index contributed by atoms with van der Waals surface area (Å²) in [4.78, 5) is 2.05. The average molecular weight is 292 g/mol. The minimum absolute atomic E-state index is 0.0551. The fourth-order valence-corrected chi connectivity index (χ4v) is 1.98. The van der Waals surface area contributed by atoms with Crippen LogP contribution in [0.5, 0.6) is 0 Å². The summed E-state index contributed by atoms with van der Waals surface area (Å²) in [6, 6.07) is 9.96. The molecule has 1 aromatic carbocycles. The first-order valence-electron chi connectivity index (χ1n) is 5.46. The van der Waals surface area contributed by atoms with Gasteiger partial charge in [-0.2, -0.15) is 10.5 Å². The van der Waals surface area contributed by atoms with Gasteiger partial charge in [0.2, 0.25) is 0 Å². The van der Waals surface area contributed by atoms with E-state index in [-0.39, 0.29) is 5.92 Å². The van der Waals surface area contributed by atoms with Gasteiger partial charge in [-0.05, 0) is 32.0 Å². The van der Waals surface area contributed by atoms with E-state index in [1.807, 2.05) is 26.0 Å². The molecule has 0 bridgehead atoms. The first-order chi connectivity index (χ1) is 8.12. The third kappa shape index (κ3) is 3.47. The monoisotopic (exact) mass is 291 g/mol. The fourth-order valence-electron chi connectivity index (χ4n) is 1.63. The van der Waals surface area contributed by atoms with Crippen molar-refractivity contribution in [2.75, 3.05) is 18.0 Å². The molecular weight excluding hydrogens is 278 g/mol. The molecule has 1 rings (SSSR count). The molecule has 0 radical (unpaired) electrons. The average Bonchev–Trinajstić information content (AvgIpc) is 2.35. The number of nitrogens with zero attached hydrogens (tertiary/aromatic N) is 3. The Morgan fingerprint density at radius 2 is 2.12 bits per heavy atom. The largest absolute Gasteiger partial charge is 0.369 e. The number of benzene rings is 1. The molecule has 0 amide bonds. The van der Waals surface area contributed by atoms with E-state index in [1.165, 1.54) is 0 Å². The molecule has 0 aliphatic rings. The van der Waals surface area contributed by atoms with Gasteiger partial charge in [-0.25, -0.2) is 0 Å². The van der Waals surface area contributed by atoms with Crippen molar-refractivity contribution in [3.05, 3.63) is 28.2 Å². The van der Waals surface area contributed by atoms with E-state index >= 15 is 0 Å². The Labute approximate surface area is 110 Å². The number of rotatable bonds is 4. The van der Waals surface area contributed by atoms with Gasteiger partial charge in [-0.1, -0.05) is 15.9 Å². The van der Waals surface area contributed by atoms with Crippen molar-refractivity contribution in [2.45, 2.75) is 13.8 Å². The maximum atomic E-state index is 9.09. The molecule has 3 nitrogen and oxygen atoms in total. The summed E-state index contributed by atoms with van der Waals surface area (Å²) in [7, 11) is 0. The molecule has 0 aromatic heterocycles. The minimum Gasteiger partial charge on any atom is -0.369 e. The number of nitriles is 2. The summed E-state index contributed by atoms with van der Waals surface area (Å²) < 4.78 is 0.939. The SMILES string of the molecule is CCN(CC(C)C#N)c1cc(Br)ccc1C#N. The van der Waals surface area contributed by atoms with Gasteiger partial charge in [0.1, 0.15) is 6.07 Å². The summed E-state index contributed by atoms with van der Waals surface area (Å²) >= 11 is 3.41. The normalized spacial score (nSPS) is 11.4. The number of hydrogen-bond donors (Lipinski definition) is 0. The summed E-state index contributed by atoms with van der Waals surface area (Å²) in [5.41, 5.74) is 1.52. The quantitative estimate of drug-likeness (QED) is 0.855. The minimum atomic E-state index is -0.0551. The van der Waals surface area contributed by atoms with Crippen LogP contribution in [0, 0.1) is 28.6 Å². The molecule has 1 aromatic rings. The van der Waals surface area contributed by atoms with Gasteiger partial charge < -0.3 is 4.90 Å². The van der Waals surface area contributed by atoms with Crippen LogP contribution in [0.15, 0.2) is 22.7 Å². The summed E-state index contributed by atoms with van der Waals surface area (Å²) in [5, 5.41) is 17.9. The molecule has 88 valence electrons. The first kappa shape index (κ1) is 13.5. The molecule has 0 N–H and O–H groups in total. The predicted molar refractivity (Wildman–Crippen MR) is 71.5 cm³/mol. The van der Waals surface area contributed by atoms with Crippen LogP contribution < -0.4 is 4.90 Å². The summed E-state index contributed by atoms with van der Waals surface area (Å²) in [6.07, 6.45) is 0. The molecule has 0 fully saturated rings. The van der Waals surface area contributed by atoms with Gasteiger partial charge in [0.15, 0.2) is 0 Å². The zero-order valence-electron chi connectivity index (χ0n) is 9.94. The number of hydrogen-bond acceptors (Lipinski definition) is 3. The van der Waals surface area contributed by atoms with Crippen molar-refractivity contribution in [3.8, 4) is 12.1 Å². The van der Waals surface area contributed by atoms with Crippen LogP contribution in [-0.2, 0) is 0 Å². The van der Waals surface area contributed by atoms with Gasteiger partial charge in [0, 0.05) is 17.6 Å². The van der Waals surface area contributed by atoms with Gasteiger partial charge in [-0.15, -0.1) is 0 Å². The van der Waals surface area contributed by atoms with Gasteiger partial charge >= 0.3 is 0 Å². The van der Waals surface area contributed by atoms with Crippen LogP contribution in [0.1, 0.15) is 19.4 Å². The molecule has 0 spiro atoms. The maximum absolute atomic E-state index is 9.09. The van der Waals surface area contributed by atoms with E-state index < -0.39 is 0 Å². The second kappa shape index (κ2) is 6.27. The van der Waals surface area contributed by atoms with E-state index in [4.69, 9.17) is 10.5 Å². The van der Waals surface area contributed by atoms with Crippen molar-refractivity contribution in [2.24, 2.45) is 5.92 Å². The smallest absolute Gasteiger partial charge is 0.101 e. The van der Waals surface area contributed by atoms with Crippen molar-refractivity contribution < 1.29 is 0 Å². The number of anilines is 1. The molecule has 0 aliphatic carbocycles. The molecule has 0 heterocycles. The standard InChI is InChI=1S/C13H14BrN3/c1-3-17(9-10(2)7-15)13-6-12(14)5-4-11(13)8-16/h4-6,10H,3,9H2,1-2H3. The van der Waals surface area contributed by atoms with Gasteiger partial charge in [-0.3, -0.25) is 0 Å². The van der Waals surface area contributed by atoms with Gasteiger partial charge in [0.05, 0.1) is 23.2 Å². The fraction of sp³-hybridized carbons (Fsp3) is 0.385. The maximum Gasteiger partial charge on any atom is 0.101 e. The van der Waals surface area contributed by atoms with E-state index in [0.717, 1.165) is 16.7 Å². The highest BCUT2D eigenvalue weighted by Crippen LogP contribution is 2.25. The zero-order valence-corrected chi connectivity index (χ0v) is 11.5. The summed E-state index contributed by atoms with van der Waals surface area (Å²) in [5.74, 6) is -0.0551. The molecule has 1 atom stereocenters. The van der Waals surface area contributed by atoms with Crippen LogP contribution in [-0.4, -0.2) is 13.1 Å². The van der Waals surface area contributed by atoms with Crippen LogP contribution in [0.2, 0.25) is 0 Å². The van der Waals surface area contributed by atoms with Crippen LogP contribution in [0.25, 0.3) is 0 Å². The van der Waals surface area contributed by atoms with Crippen LogP contribution in [0.4, 0.5) is 5.69 Å². The van der Waals surface area contributed by atoms with Crippen LogP contribution >= 0.6 is 15.9 Å². The first-order valence-corrected chi connectivity index (χ1v) is 6.25. The Bertz CT molecular complexity index is 471.